The van der Waals surface area contributed by atoms with Crippen LogP contribution in [0.1, 0.15) is 24.4 Å². The molecule has 0 aliphatic rings. The molecule has 0 saturated carbocycles. The Morgan fingerprint density at radius 1 is 1.25 bits per heavy atom. The van der Waals surface area contributed by atoms with Gasteiger partial charge in [0.2, 0.25) is 5.91 Å². The van der Waals surface area contributed by atoms with Gasteiger partial charge in [-0.05, 0) is 41.2 Å². The third-order valence-electron chi connectivity index (χ3n) is 2.85. The Labute approximate surface area is 127 Å². The SMILES string of the molecule is CCN(CC)CCNC(=O)CNC(=O)c1ccc(Br)o1. The molecule has 6 nitrogen and oxygen atoms in total. The van der Waals surface area contributed by atoms with E-state index in [4.69, 9.17) is 4.42 Å². The molecule has 1 rings (SSSR count). The lowest BCUT2D eigenvalue weighted by Crippen LogP contribution is -2.40. The first-order chi connectivity index (χ1) is 9.56. The first-order valence-electron chi connectivity index (χ1n) is 6.59. The summed E-state index contributed by atoms with van der Waals surface area (Å²) in [6.07, 6.45) is 0. The second-order valence-corrected chi connectivity index (χ2v) is 4.94. The minimum absolute atomic E-state index is 0.0601. The molecule has 1 heterocycles. The molecule has 0 radical (unpaired) electrons. The summed E-state index contributed by atoms with van der Waals surface area (Å²) in [4.78, 5) is 25.4. The van der Waals surface area contributed by atoms with E-state index in [1.165, 1.54) is 6.07 Å². The fourth-order valence-electron chi connectivity index (χ4n) is 1.64. The Hall–Kier alpha value is -1.34. The molecule has 0 saturated heterocycles. The van der Waals surface area contributed by atoms with Crippen molar-refractivity contribution in [3.05, 3.63) is 22.6 Å². The summed E-state index contributed by atoms with van der Waals surface area (Å²) in [5.74, 6) is -0.446. The smallest absolute Gasteiger partial charge is 0.287 e. The zero-order valence-electron chi connectivity index (χ0n) is 11.7. The molecule has 0 aliphatic carbocycles. The Morgan fingerprint density at radius 2 is 1.95 bits per heavy atom. The first kappa shape index (κ1) is 16.7. The second-order valence-electron chi connectivity index (χ2n) is 4.16. The molecule has 2 N–H and O–H groups in total. The lowest BCUT2D eigenvalue weighted by atomic mass is 10.4. The van der Waals surface area contributed by atoms with Gasteiger partial charge < -0.3 is 20.0 Å². The van der Waals surface area contributed by atoms with Crippen LogP contribution >= 0.6 is 15.9 Å². The molecule has 20 heavy (non-hydrogen) atoms. The van der Waals surface area contributed by atoms with E-state index in [0.29, 0.717) is 11.2 Å². The van der Waals surface area contributed by atoms with Gasteiger partial charge in [0, 0.05) is 13.1 Å². The van der Waals surface area contributed by atoms with Crippen molar-refractivity contribution in [1.29, 1.82) is 0 Å². The molecule has 1 aromatic heterocycles. The van der Waals surface area contributed by atoms with Gasteiger partial charge in [-0.2, -0.15) is 0 Å². The number of rotatable bonds is 8. The maximum atomic E-state index is 11.6. The number of nitrogens with one attached hydrogen (secondary N) is 2. The summed E-state index contributed by atoms with van der Waals surface area (Å²) in [5.41, 5.74) is 0. The van der Waals surface area contributed by atoms with Gasteiger partial charge in [-0.3, -0.25) is 9.59 Å². The van der Waals surface area contributed by atoms with Gasteiger partial charge in [-0.15, -0.1) is 0 Å². The van der Waals surface area contributed by atoms with E-state index in [1.807, 2.05) is 0 Å². The Bertz CT molecular complexity index is 444. The number of carbonyl (C=O) groups is 2. The van der Waals surface area contributed by atoms with Gasteiger partial charge in [0.1, 0.15) is 0 Å². The quantitative estimate of drug-likeness (QED) is 0.743. The summed E-state index contributed by atoms with van der Waals surface area (Å²) in [5, 5.41) is 5.26. The Morgan fingerprint density at radius 3 is 2.50 bits per heavy atom. The topological polar surface area (TPSA) is 74.6 Å². The number of carbonyl (C=O) groups excluding carboxylic acids is 2. The molecule has 0 atom stereocenters. The third kappa shape index (κ3) is 5.75. The van der Waals surface area contributed by atoms with Crippen molar-refractivity contribution in [1.82, 2.24) is 15.5 Å². The second kappa shape index (κ2) is 8.76. The van der Waals surface area contributed by atoms with Gasteiger partial charge in [-0.1, -0.05) is 13.8 Å². The standard InChI is InChI=1S/C13H20BrN3O3/c1-3-17(4-2)8-7-15-12(18)9-16-13(19)10-5-6-11(14)20-10/h5-6H,3-4,7-9H2,1-2H3,(H,15,18)(H,16,19). The molecule has 0 bridgehead atoms. The molecule has 1 aromatic rings. The number of furan rings is 1. The zero-order valence-corrected chi connectivity index (χ0v) is 13.3. The zero-order chi connectivity index (χ0) is 15.0. The van der Waals surface area contributed by atoms with Crippen LogP contribution in [0.4, 0.5) is 0 Å². The van der Waals surface area contributed by atoms with E-state index >= 15 is 0 Å². The highest BCUT2D eigenvalue weighted by atomic mass is 79.9. The summed E-state index contributed by atoms with van der Waals surface area (Å²) in [6.45, 7) is 7.38. The number of nitrogens with zero attached hydrogens (tertiary/aromatic N) is 1. The fraction of sp³-hybridized carbons (Fsp3) is 0.538. The van der Waals surface area contributed by atoms with Crippen LogP contribution in [0.5, 0.6) is 0 Å². The molecule has 2 amide bonds. The molecule has 7 heteroatoms. The van der Waals surface area contributed by atoms with E-state index in [0.717, 1.165) is 19.6 Å². The summed E-state index contributed by atoms with van der Waals surface area (Å²) >= 11 is 3.11. The highest BCUT2D eigenvalue weighted by molar-refractivity contribution is 9.10. The predicted octanol–water partition coefficient (Wildman–Crippen LogP) is 1.23. The molecule has 0 fully saturated rings. The van der Waals surface area contributed by atoms with Crippen molar-refractivity contribution in [2.24, 2.45) is 0 Å². The first-order valence-corrected chi connectivity index (χ1v) is 7.38. The average molecular weight is 346 g/mol. The summed E-state index contributed by atoms with van der Waals surface area (Å²) in [7, 11) is 0. The number of amides is 2. The predicted molar refractivity (Wildman–Crippen MR) is 79.5 cm³/mol. The van der Waals surface area contributed by atoms with Crippen molar-refractivity contribution in [3.63, 3.8) is 0 Å². The molecule has 0 aliphatic heterocycles. The van der Waals surface area contributed by atoms with E-state index in [-0.39, 0.29) is 18.2 Å². The minimum atomic E-state index is -0.408. The van der Waals surface area contributed by atoms with E-state index in [9.17, 15) is 9.59 Å². The maximum Gasteiger partial charge on any atom is 0.287 e. The van der Waals surface area contributed by atoms with Crippen molar-refractivity contribution >= 4 is 27.7 Å². The van der Waals surface area contributed by atoms with Gasteiger partial charge in [0.05, 0.1) is 6.54 Å². The van der Waals surface area contributed by atoms with Crippen molar-refractivity contribution in [3.8, 4) is 0 Å². The van der Waals surface area contributed by atoms with E-state index < -0.39 is 5.91 Å². The van der Waals surface area contributed by atoms with Crippen LogP contribution in [0, 0.1) is 0 Å². The number of halogens is 1. The number of hydrogen-bond acceptors (Lipinski definition) is 4. The molecule has 0 unspecified atom stereocenters. The number of hydrogen-bond donors (Lipinski definition) is 2. The lowest BCUT2D eigenvalue weighted by molar-refractivity contribution is -0.120. The van der Waals surface area contributed by atoms with E-state index in [1.54, 1.807) is 6.07 Å². The van der Waals surface area contributed by atoms with Crippen LogP contribution in [0.3, 0.4) is 0 Å². The van der Waals surface area contributed by atoms with Gasteiger partial charge in [-0.25, -0.2) is 0 Å². The van der Waals surface area contributed by atoms with Crippen LogP contribution in [0.25, 0.3) is 0 Å². The van der Waals surface area contributed by atoms with Gasteiger partial charge >= 0.3 is 0 Å². The molecule has 112 valence electrons. The Balaban J connectivity index is 2.21. The monoisotopic (exact) mass is 345 g/mol. The molecule has 0 spiro atoms. The van der Waals surface area contributed by atoms with Crippen LogP contribution in [-0.2, 0) is 4.79 Å². The highest BCUT2D eigenvalue weighted by Gasteiger charge is 2.11. The van der Waals surface area contributed by atoms with Gasteiger partial charge in [0.25, 0.3) is 5.91 Å². The fourth-order valence-corrected chi connectivity index (χ4v) is 1.95. The largest absolute Gasteiger partial charge is 0.444 e. The minimum Gasteiger partial charge on any atom is -0.444 e. The van der Waals surface area contributed by atoms with Crippen LogP contribution < -0.4 is 10.6 Å². The van der Waals surface area contributed by atoms with Crippen molar-refractivity contribution in [2.75, 3.05) is 32.7 Å². The highest BCUT2D eigenvalue weighted by Crippen LogP contribution is 2.13. The van der Waals surface area contributed by atoms with Gasteiger partial charge in [0.15, 0.2) is 10.4 Å². The molecular formula is C13H20BrN3O3. The summed E-state index contributed by atoms with van der Waals surface area (Å²) < 4.78 is 5.56. The van der Waals surface area contributed by atoms with Crippen LogP contribution in [-0.4, -0.2) is 49.4 Å². The number of likely N-dealkylation sites (N-methyl/N-ethyl adjacent to an activating group) is 1. The third-order valence-corrected chi connectivity index (χ3v) is 3.28. The normalized spacial score (nSPS) is 10.6. The van der Waals surface area contributed by atoms with Crippen LogP contribution in [0.15, 0.2) is 21.2 Å². The molecular weight excluding hydrogens is 326 g/mol. The van der Waals surface area contributed by atoms with Crippen molar-refractivity contribution < 1.29 is 14.0 Å². The average Bonchev–Trinajstić information content (AvgIpc) is 2.87. The lowest BCUT2D eigenvalue weighted by Gasteiger charge is -2.17. The Kier molecular flexibility index (Phi) is 7.32. The van der Waals surface area contributed by atoms with E-state index in [2.05, 4.69) is 45.3 Å². The molecule has 0 aromatic carbocycles. The van der Waals surface area contributed by atoms with Crippen LogP contribution in [0.2, 0.25) is 0 Å². The maximum absolute atomic E-state index is 11.6. The summed E-state index contributed by atoms with van der Waals surface area (Å²) in [6, 6.07) is 3.16. The van der Waals surface area contributed by atoms with Crippen molar-refractivity contribution in [2.45, 2.75) is 13.8 Å².